The first-order chi connectivity index (χ1) is 10.2. The Kier molecular flexibility index (Phi) is 10.6. The molecule has 0 unspecified atom stereocenters. The summed E-state index contributed by atoms with van der Waals surface area (Å²) in [5.41, 5.74) is 7.15. The van der Waals surface area contributed by atoms with E-state index in [0.29, 0.717) is 3.12 Å². The van der Waals surface area contributed by atoms with Crippen molar-refractivity contribution in [2.75, 3.05) is 0 Å². The third-order valence-electron chi connectivity index (χ3n) is 5.23. The SMILES string of the molecule is CCC1=C(CC)[C](CC)([Zr+2][CH]2C=CC=C2)C(CC)=C1CC.[Cl-].[Cl-]. The van der Waals surface area contributed by atoms with Crippen LogP contribution in [0.5, 0.6) is 0 Å². The first kappa shape index (κ1) is 23.4. The summed E-state index contributed by atoms with van der Waals surface area (Å²) in [6.07, 6.45) is 15.7. The van der Waals surface area contributed by atoms with E-state index in [2.05, 4.69) is 58.9 Å². The zero-order chi connectivity index (χ0) is 15.5. The van der Waals surface area contributed by atoms with E-state index in [1.54, 1.807) is 11.1 Å². The summed E-state index contributed by atoms with van der Waals surface area (Å²) in [5, 5.41) is 0. The fraction of sp³-hybridized carbons (Fsp3) is 0.600. The van der Waals surface area contributed by atoms with E-state index in [1.165, 1.54) is 32.1 Å². The maximum absolute atomic E-state index is 2.46. The molecule has 3 heteroatoms. The molecule has 0 N–H and O–H groups in total. The van der Waals surface area contributed by atoms with E-state index in [9.17, 15) is 0 Å². The molecular weight excluding hydrogens is 402 g/mol. The Labute approximate surface area is 167 Å². The topological polar surface area (TPSA) is 0 Å². The van der Waals surface area contributed by atoms with Crippen LogP contribution in [0.25, 0.3) is 0 Å². The Morgan fingerprint density at radius 2 is 1.22 bits per heavy atom. The van der Waals surface area contributed by atoms with Gasteiger partial charge in [0.2, 0.25) is 0 Å². The first-order valence-corrected chi connectivity index (χ1v) is 11.4. The van der Waals surface area contributed by atoms with E-state index < -0.39 is 23.2 Å². The summed E-state index contributed by atoms with van der Waals surface area (Å²) in [6, 6.07) is 0. The van der Waals surface area contributed by atoms with Crippen LogP contribution in [-0.2, 0) is 23.2 Å². The van der Waals surface area contributed by atoms with Crippen molar-refractivity contribution in [3.63, 3.8) is 0 Å². The van der Waals surface area contributed by atoms with Gasteiger partial charge in [0.25, 0.3) is 0 Å². The Balaban J connectivity index is 0.00000242. The van der Waals surface area contributed by atoms with E-state index in [1.807, 2.05) is 11.1 Å². The minimum absolute atomic E-state index is 0. The van der Waals surface area contributed by atoms with Gasteiger partial charge in [0.05, 0.1) is 0 Å². The number of hydrogen-bond donors (Lipinski definition) is 0. The third-order valence-corrected chi connectivity index (χ3v) is 10.6. The van der Waals surface area contributed by atoms with Crippen LogP contribution in [0.1, 0.15) is 66.7 Å². The average molecular weight is 433 g/mol. The predicted molar refractivity (Wildman–Crippen MR) is 90.2 cm³/mol. The van der Waals surface area contributed by atoms with Gasteiger partial charge in [-0.15, -0.1) is 0 Å². The first-order valence-electron chi connectivity index (χ1n) is 8.76. The second kappa shape index (κ2) is 10.4. The van der Waals surface area contributed by atoms with Gasteiger partial charge in [-0.1, -0.05) is 0 Å². The molecule has 0 spiro atoms. The minimum Gasteiger partial charge on any atom is -1.00 e. The standard InChI is InChI=1S/C15H25.C5H5.2ClH.Zr/c1-6-11-12(7-2)14(9-4)15(10-5)13(11)8-3;1-2-4-5-3-1;;;/h6-10H2,1-5H3;1-5H;2*1H;/q;;;;+2/p-2. The monoisotopic (exact) mass is 430 g/mol. The van der Waals surface area contributed by atoms with Crippen LogP contribution >= 0.6 is 0 Å². The van der Waals surface area contributed by atoms with Crippen LogP contribution in [-0.4, -0.2) is 0 Å². The number of halogens is 2. The van der Waals surface area contributed by atoms with E-state index in [4.69, 9.17) is 0 Å². The van der Waals surface area contributed by atoms with Crippen LogP contribution in [0, 0.1) is 0 Å². The minimum atomic E-state index is -0.568. The second-order valence-corrected chi connectivity index (χ2v) is 10.5. The molecule has 23 heavy (non-hydrogen) atoms. The summed E-state index contributed by atoms with van der Waals surface area (Å²) in [7, 11) is 0. The maximum Gasteiger partial charge on any atom is -1.00 e. The van der Waals surface area contributed by atoms with Gasteiger partial charge in [-0.3, -0.25) is 0 Å². The molecule has 0 atom stereocenters. The van der Waals surface area contributed by atoms with Crippen molar-refractivity contribution in [1.29, 1.82) is 0 Å². The van der Waals surface area contributed by atoms with Gasteiger partial charge >= 0.3 is 143 Å². The molecule has 0 radical (unpaired) electrons. The summed E-state index contributed by atoms with van der Waals surface area (Å²) < 4.78 is 1.30. The molecular formula is C20H30Cl2Zr. The zero-order valence-electron chi connectivity index (χ0n) is 15.2. The van der Waals surface area contributed by atoms with E-state index in [0.717, 1.165) is 3.63 Å². The Bertz CT molecular complexity index is 472. The largest absolute Gasteiger partial charge is 1.00 e. The van der Waals surface area contributed by atoms with Gasteiger partial charge in [0.1, 0.15) is 0 Å². The molecule has 0 aromatic carbocycles. The van der Waals surface area contributed by atoms with Crippen molar-refractivity contribution in [3.8, 4) is 0 Å². The summed E-state index contributed by atoms with van der Waals surface area (Å²) in [4.78, 5) is 0. The second-order valence-electron chi connectivity index (χ2n) is 6.03. The molecule has 0 heterocycles. The molecule has 0 aromatic rings. The Hall–Kier alpha value is 0.423. The van der Waals surface area contributed by atoms with Crippen LogP contribution in [0.3, 0.4) is 0 Å². The van der Waals surface area contributed by atoms with E-state index in [-0.39, 0.29) is 24.8 Å². The van der Waals surface area contributed by atoms with Crippen molar-refractivity contribution in [2.45, 2.75) is 73.5 Å². The van der Waals surface area contributed by atoms with Crippen LogP contribution in [0.15, 0.2) is 46.6 Å². The van der Waals surface area contributed by atoms with Crippen LogP contribution < -0.4 is 24.8 Å². The van der Waals surface area contributed by atoms with Crippen molar-refractivity contribution in [1.82, 2.24) is 0 Å². The maximum atomic E-state index is 2.46. The molecule has 0 amide bonds. The zero-order valence-corrected chi connectivity index (χ0v) is 19.1. The van der Waals surface area contributed by atoms with Gasteiger partial charge < -0.3 is 24.8 Å². The normalized spacial score (nSPS) is 19.0. The van der Waals surface area contributed by atoms with Gasteiger partial charge in [0.15, 0.2) is 0 Å². The van der Waals surface area contributed by atoms with Gasteiger partial charge in [-0.2, -0.15) is 0 Å². The van der Waals surface area contributed by atoms with Crippen LogP contribution in [0.4, 0.5) is 0 Å². The quantitative estimate of drug-likeness (QED) is 0.559. The summed E-state index contributed by atoms with van der Waals surface area (Å²) in [5.74, 6) is 0. The summed E-state index contributed by atoms with van der Waals surface area (Å²) >= 11 is -0.568. The smallest absolute Gasteiger partial charge is 1.00 e. The van der Waals surface area contributed by atoms with Crippen molar-refractivity contribution in [2.24, 2.45) is 0 Å². The predicted octanol–water partition coefficient (Wildman–Crippen LogP) is 0.807. The molecule has 0 aromatic heterocycles. The van der Waals surface area contributed by atoms with Crippen molar-refractivity contribution >= 4 is 0 Å². The number of rotatable bonds is 7. The molecule has 0 nitrogen and oxygen atoms in total. The average Bonchev–Trinajstić information content (AvgIpc) is 3.10. The Morgan fingerprint density at radius 1 is 0.783 bits per heavy atom. The van der Waals surface area contributed by atoms with Crippen LogP contribution in [0.2, 0.25) is 6.75 Å². The van der Waals surface area contributed by atoms with Gasteiger partial charge in [-0.05, 0) is 0 Å². The van der Waals surface area contributed by atoms with Gasteiger partial charge in [0, 0.05) is 0 Å². The number of allylic oxidation sites excluding steroid dienone is 8. The van der Waals surface area contributed by atoms with Crippen molar-refractivity contribution < 1.29 is 48.0 Å². The molecule has 0 saturated carbocycles. The third kappa shape index (κ3) is 4.16. The molecule has 2 rings (SSSR count). The molecule has 0 saturated heterocycles. The van der Waals surface area contributed by atoms with Crippen molar-refractivity contribution in [3.05, 3.63) is 46.6 Å². The molecule has 128 valence electrons. The fourth-order valence-corrected chi connectivity index (χ4v) is 9.85. The molecule has 0 bridgehead atoms. The molecule has 0 fully saturated rings. The van der Waals surface area contributed by atoms with Gasteiger partial charge in [-0.25, -0.2) is 0 Å². The molecule has 2 aliphatic carbocycles. The summed E-state index contributed by atoms with van der Waals surface area (Å²) in [6.45, 7) is 11.9. The molecule has 0 aliphatic heterocycles. The number of hydrogen-bond acceptors (Lipinski definition) is 0. The molecule has 2 aliphatic rings. The Morgan fingerprint density at radius 3 is 1.52 bits per heavy atom. The fourth-order valence-electron chi connectivity index (χ4n) is 4.46. The van der Waals surface area contributed by atoms with E-state index >= 15 is 0 Å².